The van der Waals surface area contributed by atoms with E-state index in [1.54, 1.807) is 10.8 Å². The molecule has 4 heterocycles. The van der Waals surface area contributed by atoms with Gasteiger partial charge in [0.05, 0.1) is 5.69 Å². The number of piperidine rings is 1. The van der Waals surface area contributed by atoms with Gasteiger partial charge in [0.25, 0.3) is 11.5 Å². The minimum absolute atomic E-state index is 0. The monoisotopic (exact) mass is 465 g/mol. The van der Waals surface area contributed by atoms with Crippen LogP contribution in [-0.4, -0.2) is 39.5 Å². The number of hydrogen-bond donors (Lipinski definition) is 2. The molecule has 0 spiro atoms. The first-order valence-corrected chi connectivity index (χ1v) is 10.2. The maximum Gasteiger partial charge on any atom is 0.263 e. The summed E-state index contributed by atoms with van der Waals surface area (Å²) in [4.78, 5) is 30.2. The van der Waals surface area contributed by atoms with Gasteiger partial charge in [0.2, 0.25) is 0 Å². The summed E-state index contributed by atoms with van der Waals surface area (Å²) in [6.45, 7) is 4.85. The van der Waals surface area contributed by atoms with E-state index < -0.39 is 0 Å². The highest BCUT2D eigenvalue weighted by Crippen LogP contribution is 2.12. The molecule has 7 nitrogen and oxygen atoms in total. The zero-order chi connectivity index (χ0) is 20.2. The molecule has 1 unspecified atom stereocenters. The maximum atomic E-state index is 12.9. The molecular formula is C22H29Cl2N5O2. The zero-order valence-corrected chi connectivity index (χ0v) is 19.2. The number of pyridine rings is 2. The van der Waals surface area contributed by atoms with Crippen LogP contribution in [-0.2, 0) is 13.0 Å². The standard InChI is InChI=1S/C22H27N5O2.2ClH/c1-16-8-12-27(14-17-5-4-9-23-13-17)22(29)20(16)21(28)24-10-7-18-15-26-11-3-2-6-19(26)25-18;;/h2-3,6,8,11-12,15,17,23H,4-5,7,9-10,13-14H2,1H3,(H,24,28);2*1H. The molecular weight excluding hydrogens is 437 g/mol. The Bertz CT molecular complexity index is 1040. The summed E-state index contributed by atoms with van der Waals surface area (Å²) in [5.74, 6) is 0.113. The normalized spacial score (nSPS) is 15.7. The number of carbonyl (C=O) groups excluding carboxylic acids is 1. The second-order valence-electron chi connectivity index (χ2n) is 7.75. The molecule has 0 saturated carbocycles. The fraction of sp³-hybridized carbons (Fsp3) is 0.409. The third-order valence-electron chi connectivity index (χ3n) is 5.54. The van der Waals surface area contributed by atoms with Crippen molar-refractivity contribution >= 4 is 36.4 Å². The number of aromatic nitrogens is 3. The maximum absolute atomic E-state index is 12.9. The molecule has 0 bridgehead atoms. The highest BCUT2D eigenvalue weighted by molar-refractivity contribution is 5.95. The molecule has 3 aromatic rings. The Kier molecular flexibility index (Phi) is 9.10. The molecule has 1 amide bonds. The topological polar surface area (TPSA) is 80.4 Å². The molecule has 9 heteroatoms. The van der Waals surface area contributed by atoms with Crippen molar-refractivity contribution in [2.45, 2.75) is 32.7 Å². The van der Waals surface area contributed by atoms with E-state index in [-0.39, 0.29) is 41.8 Å². The van der Waals surface area contributed by atoms with Crippen LogP contribution >= 0.6 is 24.8 Å². The number of hydrogen-bond acceptors (Lipinski definition) is 4. The lowest BCUT2D eigenvalue weighted by Gasteiger charge is -2.23. The smallest absolute Gasteiger partial charge is 0.263 e. The lowest BCUT2D eigenvalue weighted by atomic mass is 9.99. The van der Waals surface area contributed by atoms with E-state index in [4.69, 9.17) is 0 Å². The molecule has 1 fully saturated rings. The van der Waals surface area contributed by atoms with Crippen LogP contribution in [0.25, 0.3) is 5.65 Å². The molecule has 0 radical (unpaired) electrons. The summed E-state index contributed by atoms with van der Waals surface area (Å²) in [5, 5.41) is 6.26. The lowest BCUT2D eigenvalue weighted by Crippen LogP contribution is -2.38. The molecule has 168 valence electrons. The van der Waals surface area contributed by atoms with Crippen LogP contribution in [0.4, 0.5) is 0 Å². The minimum atomic E-state index is -0.313. The highest BCUT2D eigenvalue weighted by atomic mass is 35.5. The largest absolute Gasteiger partial charge is 0.351 e. The Balaban J connectivity index is 0.00000171. The van der Waals surface area contributed by atoms with Crippen molar-refractivity contribution in [1.29, 1.82) is 0 Å². The Morgan fingerprint density at radius 3 is 2.84 bits per heavy atom. The molecule has 31 heavy (non-hydrogen) atoms. The second kappa shape index (κ2) is 11.3. The molecule has 0 aliphatic carbocycles. The van der Waals surface area contributed by atoms with Crippen LogP contribution in [0.2, 0.25) is 0 Å². The Morgan fingerprint density at radius 2 is 2.10 bits per heavy atom. The first-order valence-electron chi connectivity index (χ1n) is 10.2. The second-order valence-corrected chi connectivity index (χ2v) is 7.75. The molecule has 1 aliphatic heterocycles. The Hall–Kier alpha value is -2.35. The third-order valence-corrected chi connectivity index (χ3v) is 5.54. The first kappa shape index (κ1) is 24.9. The molecule has 0 aromatic carbocycles. The van der Waals surface area contributed by atoms with Gasteiger partial charge in [0.1, 0.15) is 11.2 Å². The fourth-order valence-corrected chi connectivity index (χ4v) is 3.94. The zero-order valence-electron chi connectivity index (χ0n) is 17.5. The summed E-state index contributed by atoms with van der Waals surface area (Å²) in [6.07, 6.45) is 8.55. The summed E-state index contributed by atoms with van der Waals surface area (Å²) in [7, 11) is 0. The van der Waals surface area contributed by atoms with Gasteiger partial charge in [-0.2, -0.15) is 0 Å². The predicted molar refractivity (Wildman–Crippen MR) is 127 cm³/mol. The summed E-state index contributed by atoms with van der Waals surface area (Å²) >= 11 is 0. The average molecular weight is 466 g/mol. The van der Waals surface area contributed by atoms with E-state index in [0.29, 0.717) is 31.0 Å². The van der Waals surface area contributed by atoms with Crippen LogP contribution in [0.1, 0.15) is 34.5 Å². The number of halogens is 2. The van der Waals surface area contributed by atoms with Crippen molar-refractivity contribution in [3.63, 3.8) is 0 Å². The van der Waals surface area contributed by atoms with Crippen LogP contribution in [0.5, 0.6) is 0 Å². The summed E-state index contributed by atoms with van der Waals surface area (Å²) < 4.78 is 3.64. The van der Waals surface area contributed by atoms with Crippen molar-refractivity contribution in [3.8, 4) is 0 Å². The summed E-state index contributed by atoms with van der Waals surface area (Å²) in [5.41, 5.74) is 2.53. The highest BCUT2D eigenvalue weighted by Gasteiger charge is 2.19. The molecule has 1 aliphatic rings. The van der Waals surface area contributed by atoms with Gasteiger partial charge in [0.15, 0.2) is 0 Å². The van der Waals surface area contributed by atoms with Crippen LogP contribution in [0, 0.1) is 12.8 Å². The van der Waals surface area contributed by atoms with Gasteiger partial charge >= 0.3 is 0 Å². The van der Waals surface area contributed by atoms with Crippen molar-refractivity contribution in [2.24, 2.45) is 5.92 Å². The van der Waals surface area contributed by atoms with Crippen molar-refractivity contribution in [3.05, 3.63) is 70.0 Å². The fourth-order valence-electron chi connectivity index (χ4n) is 3.94. The predicted octanol–water partition coefficient (Wildman–Crippen LogP) is 2.62. The van der Waals surface area contributed by atoms with E-state index in [1.807, 2.05) is 48.0 Å². The molecule has 2 N–H and O–H groups in total. The van der Waals surface area contributed by atoms with Crippen LogP contribution in [0.3, 0.4) is 0 Å². The third kappa shape index (κ3) is 5.87. The van der Waals surface area contributed by atoms with Gasteiger partial charge in [-0.15, -0.1) is 24.8 Å². The van der Waals surface area contributed by atoms with Crippen molar-refractivity contribution in [1.82, 2.24) is 24.6 Å². The van der Waals surface area contributed by atoms with E-state index in [2.05, 4.69) is 15.6 Å². The number of carbonyl (C=O) groups is 1. The van der Waals surface area contributed by atoms with Gasteiger partial charge in [-0.25, -0.2) is 4.98 Å². The number of fused-ring (bicyclic) bond motifs is 1. The Labute approximate surface area is 194 Å². The van der Waals surface area contributed by atoms with Crippen molar-refractivity contribution < 1.29 is 4.79 Å². The van der Waals surface area contributed by atoms with Gasteiger partial charge in [0, 0.05) is 38.1 Å². The first-order chi connectivity index (χ1) is 14.1. The number of imidazole rings is 1. The van der Waals surface area contributed by atoms with Gasteiger partial charge in [-0.3, -0.25) is 9.59 Å². The number of aryl methyl sites for hydroxylation is 1. The SMILES string of the molecule is Cc1ccn(CC2CCCNC2)c(=O)c1C(=O)NCCc1cn2ccccc2n1.Cl.Cl. The van der Waals surface area contributed by atoms with E-state index >= 15 is 0 Å². The minimum Gasteiger partial charge on any atom is -0.351 e. The summed E-state index contributed by atoms with van der Waals surface area (Å²) in [6, 6.07) is 7.70. The number of nitrogens with zero attached hydrogens (tertiary/aromatic N) is 3. The quantitative estimate of drug-likeness (QED) is 0.586. The van der Waals surface area contributed by atoms with Crippen LogP contribution in [0.15, 0.2) is 47.7 Å². The van der Waals surface area contributed by atoms with E-state index in [1.165, 1.54) is 0 Å². The molecule has 1 atom stereocenters. The lowest BCUT2D eigenvalue weighted by molar-refractivity contribution is 0.0951. The Morgan fingerprint density at radius 1 is 1.26 bits per heavy atom. The van der Waals surface area contributed by atoms with Crippen molar-refractivity contribution in [2.75, 3.05) is 19.6 Å². The number of rotatable bonds is 6. The van der Waals surface area contributed by atoms with Gasteiger partial charge < -0.3 is 19.6 Å². The van der Waals surface area contributed by atoms with Gasteiger partial charge in [-0.1, -0.05) is 6.07 Å². The van der Waals surface area contributed by atoms with E-state index in [9.17, 15) is 9.59 Å². The molecule has 1 saturated heterocycles. The van der Waals surface area contributed by atoms with Gasteiger partial charge in [-0.05, 0) is 62.5 Å². The van der Waals surface area contributed by atoms with E-state index in [0.717, 1.165) is 37.3 Å². The molecule has 4 rings (SSSR count). The van der Waals surface area contributed by atoms with Crippen LogP contribution < -0.4 is 16.2 Å². The molecule has 3 aromatic heterocycles. The number of amides is 1. The average Bonchev–Trinajstić information content (AvgIpc) is 3.14. The number of nitrogens with one attached hydrogen (secondary N) is 2.